The van der Waals surface area contributed by atoms with Crippen LogP contribution in [-0.2, 0) is 9.53 Å². The molecule has 0 aromatic rings. The second-order valence-corrected chi connectivity index (χ2v) is 3.94. The number of nitrogens with one attached hydrogen (secondary N) is 1. The van der Waals surface area contributed by atoms with Crippen molar-refractivity contribution in [3.05, 3.63) is 0 Å². The minimum absolute atomic E-state index is 0.0105. The van der Waals surface area contributed by atoms with E-state index in [0.717, 1.165) is 25.7 Å². The molecule has 4 nitrogen and oxygen atoms in total. The van der Waals surface area contributed by atoms with Crippen LogP contribution in [0.3, 0.4) is 0 Å². The van der Waals surface area contributed by atoms with Gasteiger partial charge in [0.05, 0.1) is 12.0 Å². The van der Waals surface area contributed by atoms with E-state index >= 15 is 0 Å². The third-order valence-electron chi connectivity index (χ3n) is 2.78. The number of carbonyl (C=O) groups is 1. The van der Waals surface area contributed by atoms with Crippen molar-refractivity contribution in [2.24, 2.45) is 5.92 Å². The van der Waals surface area contributed by atoms with Gasteiger partial charge in [-0.25, -0.2) is 0 Å². The number of hydrogen-bond donors (Lipinski definition) is 1. The third-order valence-corrected chi connectivity index (χ3v) is 2.78. The molecular weight excluding hydrogens is 192 g/mol. The molecule has 0 spiro atoms. The Labute approximate surface area is 90.6 Å². The quantitative estimate of drug-likeness (QED) is 0.694. The lowest BCUT2D eigenvalue weighted by Crippen LogP contribution is -2.36. The molecule has 0 aromatic heterocycles. The molecule has 0 heterocycles. The van der Waals surface area contributed by atoms with Crippen molar-refractivity contribution < 1.29 is 9.53 Å². The fourth-order valence-electron chi connectivity index (χ4n) is 1.94. The molecule has 2 atom stereocenters. The van der Waals surface area contributed by atoms with E-state index in [-0.39, 0.29) is 17.9 Å². The normalized spacial score (nSPS) is 24.8. The SMILES string of the molecule is COCCCC(=O)NC1CCCC1C#N. The van der Waals surface area contributed by atoms with Gasteiger partial charge in [0.1, 0.15) is 0 Å². The summed E-state index contributed by atoms with van der Waals surface area (Å²) in [4.78, 5) is 11.5. The van der Waals surface area contributed by atoms with E-state index in [1.165, 1.54) is 0 Å². The molecule has 84 valence electrons. The molecule has 15 heavy (non-hydrogen) atoms. The molecule has 1 N–H and O–H groups in total. The van der Waals surface area contributed by atoms with Gasteiger partial charge in [-0.3, -0.25) is 4.79 Å². The fraction of sp³-hybridized carbons (Fsp3) is 0.818. The van der Waals surface area contributed by atoms with E-state index in [9.17, 15) is 4.79 Å². The largest absolute Gasteiger partial charge is 0.385 e. The van der Waals surface area contributed by atoms with Crippen LogP contribution in [0.2, 0.25) is 0 Å². The second kappa shape index (κ2) is 6.41. The van der Waals surface area contributed by atoms with Gasteiger partial charge < -0.3 is 10.1 Å². The zero-order valence-electron chi connectivity index (χ0n) is 9.16. The molecule has 1 amide bonds. The number of rotatable bonds is 5. The van der Waals surface area contributed by atoms with E-state index in [2.05, 4.69) is 11.4 Å². The Hall–Kier alpha value is -1.08. The smallest absolute Gasteiger partial charge is 0.220 e. The van der Waals surface area contributed by atoms with E-state index in [4.69, 9.17) is 10.00 Å². The monoisotopic (exact) mass is 210 g/mol. The van der Waals surface area contributed by atoms with Crippen LogP contribution in [0.4, 0.5) is 0 Å². The average molecular weight is 210 g/mol. The maximum Gasteiger partial charge on any atom is 0.220 e. The molecule has 1 aliphatic carbocycles. The first-order valence-corrected chi connectivity index (χ1v) is 5.46. The lowest BCUT2D eigenvalue weighted by molar-refractivity contribution is -0.122. The highest BCUT2D eigenvalue weighted by Crippen LogP contribution is 2.24. The van der Waals surface area contributed by atoms with Crippen LogP contribution in [0.25, 0.3) is 0 Å². The predicted molar refractivity (Wildman–Crippen MR) is 56.0 cm³/mol. The molecule has 0 bridgehead atoms. The van der Waals surface area contributed by atoms with E-state index in [1.807, 2.05) is 0 Å². The first-order valence-electron chi connectivity index (χ1n) is 5.46. The van der Waals surface area contributed by atoms with Crippen LogP contribution in [0.5, 0.6) is 0 Å². The highest BCUT2D eigenvalue weighted by atomic mass is 16.5. The maximum absolute atomic E-state index is 11.5. The van der Waals surface area contributed by atoms with Gasteiger partial charge in [-0.15, -0.1) is 0 Å². The molecule has 0 aromatic carbocycles. The van der Waals surface area contributed by atoms with Crippen LogP contribution in [-0.4, -0.2) is 25.7 Å². The lowest BCUT2D eigenvalue weighted by atomic mass is 10.1. The van der Waals surface area contributed by atoms with Gasteiger partial charge in [0.25, 0.3) is 0 Å². The number of hydrogen-bond acceptors (Lipinski definition) is 3. The Morgan fingerprint density at radius 3 is 3.07 bits per heavy atom. The highest BCUT2D eigenvalue weighted by molar-refractivity contribution is 5.76. The zero-order valence-corrected chi connectivity index (χ0v) is 9.16. The minimum atomic E-state index is 0.0105. The molecule has 1 saturated carbocycles. The van der Waals surface area contributed by atoms with Gasteiger partial charge >= 0.3 is 0 Å². The summed E-state index contributed by atoms with van der Waals surface area (Å²) in [5, 5.41) is 11.8. The second-order valence-electron chi connectivity index (χ2n) is 3.94. The molecule has 0 aliphatic heterocycles. The van der Waals surface area contributed by atoms with Crippen molar-refractivity contribution in [2.45, 2.75) is 38.1 Å². The Kier molecular flexibility index (Phi) is 5.13. The van der Waals surface area contributed by atoms with Crippen molar-refractivity contribution in [3.63, 3.8) is 0 Å². The van der Waals surface area contributed by atoms with E-state index in [0.29, 0.717) is 13.0 Å². The Morgan fingerprint density at radius 1 is 1.60 bits per heavy atom. The number of ether oxygens (including phenoxy) is 1. The summed E-state index contributed by atoms with van der Waals surface area (Å²) in [6, 6.07) is 2.32. The van der Waals surface area contributed by atoms with Crippen LogP contribution in [0.1, 0.15) is 32.1 Å². The van der Waals surface area contributed by atoms with Crippen molar-refractivity contribution in [2.75, 3.05) is 13.7 Å². The molecular formula is C11H18N2O2. The summed E-state index contributed by atoms with van der Waals surface area (Å²) < 4.78 is 4.87. The van der Waals surface area contributed by atoms with Crippen molar-refractivity contribution >= 4 is 5.91 Å². The zero-order chi connectivity index (χ0) is 11.1. The first-order chi connectivity index (χ1) is 7.27. The molecule has 2 unspecified atom stereocenters. The van der Waals surface area contributed by atoms with Gasteiger partial charge in [-0.1, -0.05) is 0 Å². The molecule has 1 fully saturated rings. The summed E-state index contributed by atoms with van der Waals surface area (Å²) in [7, 11) is 1.63. The Morgan fingerprint density at radius 2 is 2.40 bits per heavy atom. The van der Waals surface area contributed by atoms with E-state index < -0.39 is 0 Å². The predicted octanol–water partition coefficient (Wildman–Crippen LogP) is 1.22. The van der Waals surface area contributed by atoms with Gasteiger partial charge in [0, 0.05) is 26.2 Å². The van der Waals surface area contributed by atoms with Crippen molar-refractivity contribution in [3.8, 4) is 6.07 Å². The summed E-state index contributed by atoms with van der Waals surface area (Å²) in [6.07, 6.45) is 4.13. The number of nitrogens with zero attached hydrogens (tertiary/aromatic N) is 1. The average Bonchev–Trinajstić information content (AvgIpc) is 2.65. The Bertz CT molecular complexity index is 247. The molecule has 1 rings (SSSR count). The summed E-state index contributed by atoms with van der Waals surface area (Å²) in [6.45, 7) is 0.611. The number of methoxy groups -OCH3 is 1. The third kappa shape index (κ3) is 3.88. The number of carbonyl (C=O) groups excluding carboxylic acids is 1. The highest BCUT2D eigenvalue weighted by Gasteiger charge is 2.27. The molecule has 1 aliphatic rings. The van der Waals surface area contributed by atoms with Gasteiger partial charge in [0.15, 0.2) is 0 Å². The maximum atomic E-state index is 11.5. The van der Waals surface area contributed by atoms with Crippen LogP contribution < -0.4 is 5.32 Å². The minimum Gasteiger partial charge on any atom is -0.385 e. The first kappa shape index (κ1) is 12.0. The lowest BCUT2D eigenvalue weighted by Gasteiger charge is -2.15. The van der Waals surface area contributed by atoms with Gasteiger partial charge in [0.2, 0.25) is 5.91 Å². The van der Waals surface area contributed by atoms with Gasteiger partial charge in [-0.05, 0) is 25.7 Å². The summed E-state index contributed by atoms with van der Waals surface area (Å²) >= 11 is 0. The van der Waals surface area contributed by atoms with Gasteiger partial charge in [-0.2, -0.15) is 5.26 Å². The summed E-state index contributed by atoms with van der Waals surface area (Å²) in [5.74, 6) is 0.0515. The summed E-state index contributed by atoms with van der Waals surface area (Å²) in [5.41, 5.74) is 0. The molecule has 4 heteroatoms. The number of nitriles is 1. The topological polar surface area (TPSA) is 62.1 Å². The van der Waals surface area contributed by atoms with Crippen LogP contribution in [0, 0.1) is 17.2 Å². The molecule has 0 saturated heterocycles. The van der Waals surface area contributed by atoms with E-state index in [1.54, 1.807) is 7.11 Å². The van der Waals surface area contributed by atoms with Crippen molar-refractivity contribution in [1.82, 2.24) is 5.32 Å². The standard InChI is InChI=1S/C11H18N2O2/c1-15-7-3-6-11(14)13-10-5-2-4-9(10)8-12/h9-10H,2-7H2,1H3,(H,13,14). The number of amides is 1. The van der Waals surface area contributed by atoms with Crippen LogP contribution in [0.15, 0.2) is 0 Å². The fourth-order valence-corrected chi connectivity index (χ4v) is 1.94. The van der Waals surface area contributed by atoms with Crippen molar-refractivity contribution in [1.29, 1.82) is 5.26 Å². The molecule has 0 radical (unpaired) electrons. The Balaban J connectivity index is 2.22. The van der Waals surface area contributed by atoms with Crippen LogP contribution >= 0.6 is 0 Å².